The highest BCUT2D eigenvalue weighted by Gasteiger charge is 2.34. The minimum absolute atomic E-state index is 0.0651. The number of aliphatic imine (C=N–C) groups is 2. The Balaban J connectivity index is 6.18. The van der Waals surface area contributed by atoms with Crippen molar-refractivity contribution in [1.29, 1.82) is 0 Å². The molecule has 0 aliphatic rings. The molecule has 0 rings (SSSR count). The molecule has 0 saturated heterocycles. The van der Waals surface area contributed by atoms with Gasteiger partial charge in [0.15, 0.2) is 11.9 Å². The summed E-state index contributed by atoms with van der Waals surface area (Å²) in [4.78, 5) is 111. The van der Waals surface area contributed by atoms with E-state index in [9.17, 15) is 38.4 Å². The zero-order chi connectivity index (χ0) is 44.7. The molecule has 0 aromatic heterocycles. The Hall–Kier alpha value is -5.50. The molecule has 21 heteroatoms. The Bertz CT molecular complexity index is 1450. The molecule has 0 aromatic carbocycles. The normalized spacial score (nSPS) is 14.3. The quantitative estimate of drug-likeness (QED) is 0.0192. The number of nitrogens with two attached hydrogens (primary N) is 4. The summed E-state index contributed by atoms with van der Waals surface area (Å²) in [7, 11) is 0. The summed E-state index contributed by atoms with van der Waals surface area (Å²) in [6.45, 7) is 16.0. The van der Waals surface area contributed by atoms with Gasteiger partial charge in [0.2, 0.25) is 47.8 Å². The summed E-state index contributed by atoms with van der Waals surface area (Å²) in [5.74, 6) is -4.99. The Morgan fingerprint density at radius 1 is 0.552 bits per heavy atom. The largest absolute Gasteiger partial charge is 0.370 e. The first-order valence-electron chi connectivity index (χ1n) is 19.5. The zero-order valence-corrected chi connectivity index (χ0v) is 35.5. The first kappa shape index (κ1) is 52.5. The average molecular weight is 824 g/mol. The molecule has 0 bridgehead atoms. The first-order valence-corrected chi connectivity index (χ1v) is 19.5. The summed E-state index contributed by atoms with van der Waals surface area (Å²) in [5, 5.41) is 17.9. The minimum atomic E-state index is -1.18. The lowest BCUT2D eigenvalue weighted by Gasteiger charge is -2.30. The van der Waals surface area contributed by atoms with Crippen LogP contribution in [0.1, 0.15) is 107 Å². The summed E-state index contributed by atoms with van der Waals surface area (Å²) in [5.41, 5.74) is 20.9. The number of guanidine groups is 2. The summed E-state index contributed by atoms with van der Waals surface area (Å²) >= 11 is 0. The molecule has 0 spiro atoms. The maximum Gasteiger partial charge on any atom is 0.248 e. The Morgan fingerprint density at radius 2 is 0.931 bits per heavy atom. The lowest BCUT2D eigenvalue weighted by molar-refractivity contribution is -0.136. The number of nitrogens with zero attached hydrogens (tertiary/aromatic N) is 2. The monoisotopic (exact) mass is 824 g/mol. The highest BCUT2D eigenvalue weighted by atomic mass is 16.2. The first-order chi connectivity index (χ1) is 26.9. The van der Waals surface area contributed by atoms with Crippen molar-refractivity contribution < 1.29 is 38.4 Å². The van der Waals surface area contributed by atoms with Crippen molar-refractivity contribution in [3.63, 3.8) is 0 Å². The van der Waals surface area contributed by atoms with E-state index in [4.69, 9.17) is 22.9 Å². The lowest BCUT2D eigenvalue weighted by atomic mass is 9.87. The van der Waals surface area contributed by atoms with E-state index in [1.807, 2.05) is 53.8 Å². The van der Waals surface area contributed by atoms with Gasteiger partial charge in [0, 0.05) is 20.0 Å². The minimum Gasteiger partial charge on any atom is -0.370 e. The van der Waals surface area contributed by atoms with E-state index >= 15 is 0 Å². The highest BCUT2D eigenvalue weighted by Crippen LogP contribution is 2.22. The Labute approximate surface area is 341 Å². The van der Waals surface area contributed by atoms with Gasteiger partial charge >= 0.3 is 0 Å². The number of carbonyl (C=O) groups is 8. The number of carbonyl (C=O) groups excluding carboxylic acids is 8. The van der Waals surface area contributed by atoms with Crippen LogP contribution in [-0.4, -0.2) is 109 Å². The third-order valence-corrected chi connectivity index (χ3v) is 8.30. The number of amides is 8. The van der Waals surface area contributed by atoms with Gasteiger partial charge in [-0.05, 0) is 69.1 Å². The van der Waals surface area contributed by atoms with Crippen molar-refractivity contribution in [2.45, 2.75) is 144 Å². The Kier molecular flexibility index (Phi) is 23.9. The number of imide groups is 1. The molecule has 0 unspecified atom stereocenters. The van der Waals surface area contributed by atoms with Crippen LogP contribution in [-0.2, 0) is 38.4 Å². The molecule has 0 heterocycles. The smallest absolute Gasteiger partial charge is 0.248 e. The molecule has 58 heavy (non-hydrogen) atoms. The van der Waals surface area contributed by atoms with Crippen LogP contribution in [0.2, 0.25) is 0 Å². The van der Waals surface area contributed by atoms with Crippen LogP contribution < -0.4 is 60.2 Å². The van der Waals surface area contributed by atoms with Gasteiger partial charge in [-0.1, -0.05) is 48.5 Å². The molecule has 0 saturated carbocycles. The van der Waals surface area contributed by atoms with E-state index in [-0.39, 0.29) is 81.8 Å². The molecular weight excluding hydrogens is 754 g/mol. The molecule has 0 aliphatic carbocycles. The highest BCUT2D eigenvalue weighted by molar-refractivity contribution is 5.97. The maximum absolute atomic E-state index is 14.0. The molecule has 21 nitrogen and oxygen atoms in total. The van der Waals surface area contributed by atoms with Crippen LogP contribution in [0.25, 0.3) is 0 Å². The topological polar surface area (TPSA) is 350 Å². The van der Waals surface area contributed by atoms with E-state index < -0.39 is 83.0 Å². The van der Waals surface area contributed by atoms with Gasteiger partial charge in [-0.15, -0.1) is 0 Å². The number of nitrogens with one attached hydrogen (secondary N) is 7. The van der Waals surface area contributed by atoms with Crippen LogP contribution in [0.15, 0.2) is 9.98 Å². The molecule has 0 fully saturated rings. The zero-order valence-electron chi connectivity index (χ0n) is 35.5. The van der Waals surface area contributed by atoms with E-state index in [0.717, 1.165) is 0 Å². The van der Waals surface area contributed by atoms with Gasteiger partial charge < -0.3 is 54.8 Å². The van der Waals surface area contributed by atoms with E-state index in [1.165, 1.54) is 13.8 Å². The maximum atomic E-state index is 14.0. The fraction of sp³-hybridized carbons (Fsp3) is 0.730. The van der Waals surface area contributed by atoms with Gasteiger partial charge in [0.25, 0.3) is 0 Å². The van der Waals surface area contributed by atoms with Gasteiger partial charge in [-0.2, -0.15) is 0 Å². The van der Waals surface area contributed by atoms with Crippen molar-refractivity contribution in [1.82, 2.24) is 37.2 Å². The van der Waals surface area contributed by atoms with Gasteiger partial charge in [-0.3, -0.25) is 53.7 Å². The third kappa shape index (κ3) is 23.5. The van der Waals surface area contributed by atoms with Crippen LogP contribution >= 0.6 is 0 Å². The predicted molar refractivity (Wildman–Crippen MR) is 220 cm³/mol. The molecule has 0 aliphatic heterocycles. The van der Waals surface area contributed by atoms with Crippen molar-refractivity contribution in [2.24, 2.45) is 50.2 Å². The van der Waals surface area contributed by atoms with Crippen molar-refractivity contribution in [2.75, 3.05) is 13.1 Å². The number of hydrogen-bond acceptors (Lipinski definition) is 10. The van der Waals surface area contributed by atoms with E-state index in [2.05, 4.69) is 41.9 Å². The molecule has 8 amide bonds. The molecular formula is C37H69N13O8. The molecule has 0 aromatic rings. The number of hydrogen-bond donors (Lipinski definition) is 11. The van der Waals surface area contributed by atoms with Crippen LogP contribution in [0.5, 0.6) is 0 Å². The number of rotatable bonds is 26. The van der Waals surface area contributed by atoms with Crippen molar-refractivity contribution in [3.8, 4) is 0 Å². The third-order valence-electron chi connectivity index (χ3n) is 8.30. The van der Waals surface area contributed by atoms with Crippen molar-refractivity contribution in [3.05, 3.63) is 0 Å². The fourth-order valence-corrected chi connectivity index (χ4v) is 5.67. The van der Waals surface area contributed by atoms with Crippen molar-refractivity contribution >= 4 is 59.7 Å². The predicted octanol–water partition coefficient (Wildman–Crippen LogP) is -2.16. The van der Waals surface area contributed by atoms with Crippen LogP contribution in [0.4, 0.5) is 0 Å². The van der Waals surface area contributed by atoms with Gasteiger partial charge in [0.1, 0.15) is 36.3 Å². The van der Waals surface area contributed by atoms with Crippen LogP contribution in [0, 0.1) is 17.3 Å². The summed E-state index contributed by atoms with van der Waals surface area (Å²) < 4.78 is 0. The van der Waals surface area contributed by atoms with E-state index in [1.54, 1.807) is 0 Å². The van der Waals surface area contributed by atoms with E-state index in [0.29, 0.717) is 6.42 Å². The Morgan fingerprint density at radius 3 is 1.33 bits per heavy atom. The van der Waals surface area contributed by atoms with Gasteiger partial charge in [-0.25, -0.2) is 0 Å². The molecule has 15 N–H and O–H groups in total. The van der Waals surface area contributed by atoms with Gasteiger partial charge in [0.05, 0.1) is 0 Å². The second-order valence-electron chi connectivity index (χ2n) is 16.3. The second-order valence-corrected chi connectivity index (χ2v) is 16.3. The molecule has 0 radical (unpaired) electrons. The average Bonchev–Trinajstić information content (AvgIpc) is 3.08. The van der Waals surface area contributed by atoms with Crippen LogP contribution in [0.3, 0.4) is 0 Å². The summed E-state index contributed by atoms with van der Waals surface area (Å²) in [6, 6.07) is -6.69. The standard InChI is InChI=1S/C37H69N13O8/c1-20(2)16-26(32(56)45-22(5)29(53)47-24(30(54)44-19-51)12-10-14-42-35(38)39)49-34(58)28(18-37(7,8)9)50-33(57)27(17-21(3)4)48-31(55)25(46-23(6)52)13-11-15-43-36(40)41/h19-22,24-28H,10-18H2,1-9H3,(H,45,56)(H,46,52)(H,47,53)(H,48,55)(H,49,58)(H,50,57)(H4,38,39,42)(H4,40,41,43)(H,44,51,54)/t22-,24-,25-,26-,27-,28-/m0/s1. The molecule has 6 atom stereocenters. The summed E-state index contributed by atoms with van der Waals surface area (Å²) in [6.07, 6.45) is 1.61. The molecule has 330 valence electrons. The second kappa shape index (κ2) is 26.4. The fourth-order valence-electron chi connectivity index (χ4n) is 5.67. The lowest BCUT2D eigenvalue weighted by Crippen LogP contribution is -2.60. The SMILES string of the molecule is CC(=O)N[C@@H](CCCN=C(N)N)C(=O)N[C@@H](CC(C)C)C(=O)N[C@@H](CC(C)(C)C)C(=O)N[C@@H](CC(C)C)C(=O)N[C@@H](C)C(=O)N[C@@H](CCCN=C(N)N)C(=O)NC=O.